The molecule has 0 saturated carbocycles. The van der Waals surface area contributed by atoms with Crippen LogP contribution in [0.3, 0.4) is 0 Å². The smallest absolute Gasteiger partial charge is 0.0715 e. The summed E-state index contributed by atoms with van der Waals surface area (Å²) >= 11 is 0. The molecule has 0 unspecified atom stereocenters. The van der Waals surface area contributed by atoms with Gasteiger partial charge in [0, 0.05) is 10.8 Å². The Labute approximate surface area is 101 Å². The van der Waals surface area contributed by atoms with Crippen LogP contribution in [0, 0.1) is 20.8 Å². The molecule has 1 heterocycles. The van der Waals surface area contributed by atoms with Crippen molar-refractivity contribution in [2.24, 2.45) is 0 Å². The van der Waals surface area contributed by atoms with Crippen LogP contribution >= 0.6 is 0 Å². The maximum Gasteiger partial charge on any atom is 0.0715 e. The zero-order valence-electron chi connectivity index (χ0n) is 10.4. The number of aryl methyl sites for hydroxylation is 3. The van der Waals surface area contributed by atoms with Crippen molar-refractivity contribution in [3.8, 4) is 0 Å². The van der Waals surface area contributed by atoms with Gasteiger partial charge in [0.05, 0.1) is 11.0 Å². The Balaban J connectivity index is 2.55. The summed E-state index contributed by atoms with van der Waals surface area (Å²) in [5, 5.41) is 2.52. The minimum atomic E-state index is 1.08. The van der Waals surface area contributed by atoms with Gasteiger partial charge in [-0.15, -0.1) is 0 Å². The van der Waals surface area contributed by atoms with Crippen LogP contribution in [0.25, 0.3) is 21.8 Å². The fraction of sp³-hybridized carbons (Fsp3) is 0.188. The minimum absolute atomic E-state index is 1.08. The molecule has 0 amide bonds. The third-order valence-corrected chi connectivity index (χ3v) is 3.56. The van der Waals surface area contributed by atoms with Crippen molar-refractivity contribution >= 4 is 21.8 Å². The number of rotatable bonds is 0. The number of para-hydroxylation sites is 1. The Hall–Kier alpha value is -1.89. The number of aromatic nitrogens is 1. The van der Waals surface area contributed by atoms with E-state index < -0.39 is 0 Å². The maximum absolute atomic E-state index is 4.74. The van der Waals surface area contributed by atoms with Crippen molar-refractivity contribution in [1.29, 1.82) is 0 Å². The van der Waals surface area contributed by atoms with Crippen LogP contribution in [0.4, 0.5) is 0 Å². The lowest BCUT2D eigenvalue weighted by Gasteiger charge is -2.09. The van der Waals surface area contributed by atoms with E-state index in [-0.39, 0.29) is 0 Å². The minimum Gasteiger partial charge on any atom is -0.248 e. The fourth-order valence-corrected chi connectivity index (χ4v) is 2.36. The number of hydrogen-bond acceptors (Lipinski definition) is 1. The van der Waals surface area contributed by atoms with E-state index in [0.717, 1.165) is 11.0 Å². The number of nitrogens with zero attached hydrogens (tertiary/aromatic N) is 1. The molecule has 0 N–H and O–H groups in total. The molecule has 1 aromatic heterocycles. The van der Waals surface area contributed by atoms with Crippen LogP contribution in [-0.4, -0.2) is 4.98 Å². The first-order chi connectivity index (χ1) is 8.16. The average molecular weight is 221 g/mol. The highest BCUT2D eigenvalue weighted by Gasteiger charge is 2.06. The van der Waals surface area contributed by atoms with E-state index in [1.807, 2.05) is 6.07 Å². The maximum atomic E-state index is 4.74. The van der Waals surface area contributed by atoms with Crippen molar-refractivity contribution < 1.29 is 0 Å². The summed E-state index contributed by atoms with van der Waals surface area (Å²) in [7, 11) is 0. The monoisotopic (exact) mass is 221 g/mol. The van der Waals surface area contributed by atoms with Crippen molar-refractivity contribution in [2.75, 3.05) is 0 Å². The lowest BCUT2D eigenvalue weighted by atomic mass is 10.00. The van der Waals surface area contributed by atoms with Crippen LogP contribution in [0.1, 0.15) is 16.7 Å². The normalized spacial score (nSPS) is 11.2. The molecule has 84 valence electrons. The fourth-order valence-electron chi connectivity index (χ4n) is 2.36. The molecule has 0 radical (unpaired) electrons. The Bertz CT molecular complexity index is 726. The standard InChI is InChI=1S/C16H15N/c1-10-8-14-12(3)13-6-4-5-7-15(13)17-16(14)9-11(10)2/h4-9H,1-3H3. The SMILES string of the molecule is Cc1cc2nc3ccccc3c(C)c2cc1C. The third kappa shape index (κ3) is 1.50. The van der Waals surface area contributed by atoms with Crippen LogP contribution < -0.4 is 0 Å². The van der Waals surface area contributed by atoms with Gasteiger partial charge in [0.1, 0.15) is 0 Å². The lowest BCUT2D eigenvalue weighted by Crippen LogP contribution is -1.90. The largest absolute Gasteiger partial charge is 0.248 e. The van der Waals surface area contributed by atoms with E-state index in [9.17, 15) is 0 Å². The highest BCUT2D eigenvalue weighted by molar-refractivity contribution is 5.97. The molecule has 0 bridgehead atoms. The Morgan fingerprint density at radius 2 is 1.47 bits per heavy atom. The van der Waals surface area contributed by atoms with Gasteiger partial charge in [-0.2, -0.15) is 0 Å². The predicted octanol–water partition coefficient (Wildman–Crippen LogP) is 4.31. The molecular formula is C16H15N. The molecule has 1 nitrogen and oxygen atoms in total. The van der Waals surface area contributed by atoms with E-state index in [0.29, 0.717) is 0 Å². The molecule has 3 rings (SSSR count). The Morgan fingerprint density at radius 1 is 0.765 bits per heavy atom. The molecule has 0 aliphatic heterocycles. The first-order valence-electron chi connectivity index (χ1n) is 5.93. The summed E-state index contributed by atoms with van der Waals surface area (Å²) in [5.74, 6) is 0. The van der Waals surface area contributed by atoms with Gasteiger partial charge < -0.3 is 0 Å². The topological polar surface area (TPSA) is 12.9 Å². The van der Waals surface area contributed by atoms with Gasteiger partial charge in [0.25, 0.3) is 0 Å². The number of benzene rings is 2. The molecule has 0 atom stereocenters. The molecule has 0 fully saturated rings. The molecule has 0 aliphatic rings. The van der Waals surface area contributed by atoms with Crippen molar-refractivity contribution in [3.05, 3.63) is 53.1 Å². The molecule has 0 spiro atoms. The first-order valence-corrected chi connectivity index (χ1v) is 5.93. The van der Waals surface area contributed by atoms with Gasteiger partial charge in [0.15, 0.2) is 0 Å². The molecule has 0 aliphatic carbocycles. The van der Waals surface area contributed by atoms with Gasteiger partial charge >= 0.3 is 0 Å². The molecule has 1 heteroatoms. The van der Waals surface area contributed by atoms with Crippen molar-refractivity contribution in [2.45, 2.75) is 20.8 Å². The average Bonchev–Trinajstić information content (AvgIpc) is 2.32. The highest BCUT2D eigenvalue weighted by atomic mass is 14.7. The summed E-state index contributed by atoms with van der Waals surface area (Å²) in [5.41, 5.74) is 6.15. The summed E-state index contributed by atoms with van der Waals surface area (Å²) in [4.78, 5) is 4.74. The summed E-state index contributed by atoms with van der Waals surface area (Å²) in [6, 6.07) is 12.8. The molecule has 2 aromatic carbocycles. The van der Waals surface area contributed by atoms with Crippen molar-refractivity contribution in [1.82, 2.24) is 4.98 Å². The van der Waals surface area contributed by atoms with Crippen LogP contribution in [0.15, 0.2) is 36.4 Å². The predicted molar refractivity (Wildman–Crippen MR) is 73.5 cm³/mol. The van der Waals surface area contributed by atoms with Crippen LogP contribution in [0.2, 0.25) is 0 Å². The number of hydrogen-bond donors (Lipinski definition) is 0. The van der Waals surface area contributed by atoms with E-state index in [1.165, 1.54) is 27.5 Å². The zero-order valence-corrected chi connectivity index (χ0v) is 10.4. The summed E-state index contributed by atoms with van der Waals surface area (Å²) in [6.45, 7) is 6.48. The summed E-state index contributed by atoms with van der Waals surface area (Å²) < 4.78 is 0. The quantitative estimate of drug-likeness (QED) is 0.515. The zero-order chi connectivity index (χ0) is 12.0. The second-order valence-electron chi connectivity index (χ2n) is 4.71. The molecule has 17 heavy (non-hydrogen) atoms. The first kappa shape index (κ1) is 10.3. The summed E-state index contributed by atoms with van der Waals surface area (Å²) in [6.07, 6.45) is 0. The molecular weight excluding hydrogens is 206 g/mol. The highest BCUT2D eigenvalue weighted by Crippen LogP contribution is 2.27. The lowest BCUT2D eigenvalue weighted by molar-refractivity contribution is 1.34. The van der Waals surface area contributed by atoms with Gasteiger partial charge in [-0.05, 0) is 55.7 Å². The van der Waals surface area contributed by atoms with Gasteiger partial charge in [-0.25, -0.2) is 4.98 Å². The van der Waals surface area contributed by atoms with E-state index in [1.54, 1.807) is 0 Å². The Morgan fingerprint density at radius 3 is 2.29 bits per heavy atom. The van der Waals surface area contributed by atoms with E-state index >= 15 is 0 Å². The van der Waals surface area contributed by atoms with Gasteiger partial charge in [0.2, 0.25) is 0 Å². The van der Waals surface area contributed by atoms with Gasteiger partial charge in [-0.3, -0.25) is 0 Å². The van der Waals surface area contributed by atoms with Crippen LogP contribution in [-0.2, 0) is 0 Å². The van der Waals surface area contributed by atoms with Crippen molar-refractivity contribution in [3.63, 3.8) is 0 Å². The molecule has 0 saturated heterocycles. The second kappa shape index (κ2) is 3.56. The number of fused-ring (bicyclic) bond motifs is 2. The second-order valence-corrected chi connectivity index (χ2v) is 4.71. The molecule has 3 aromatic rings. The number of pyridine rings is 1. The van der Waals surface area contributed by atoms with Crippen LogP contribution in [0.5, 0.6) is 0 Å². The van der Waals surface area contributed by atoms with E-state index in [4.69, 9.17) is 4.98 Å². The van der Waals surface area contributed by atoms with Gasteiger partial charge in [-0.1, -0.05) is 18.2 Å². The van der Waals surface area contributed by atoms with E-state index in [2.05, 4.69) is 51.1 Å². The third-order valence-electron chi connectivity index (χ3n) is 3.56. The Kier molecular flexibility index (Phi) is 2.15.